The van der Waals surface area contributed by atoms with Gasteiger partial charge in [-0.2, -0.15) is 4.31 Å². The summed E-state index contributed by atoms with van der Waals surface area (Å²) in [6.07, 6.45) is 3.54. The summed E-state index contributed by atoms with van der Waals surface area (Å²) >= 11 is 0. The van der Waals surface area contributed by atoms with E-state index in [4.69, 9.17) is 4.74 Å². The Morgan fingerprint density at radius 3 is 2.41 bits per heavy atom. The lowest BCUT2D eigenvalue weighted by Gasteiger charge is -2.25. The zero-order valence-corrected chi connectivity index (χ0v) is 13.5. The lowest BCUT2D eigenvalue weighted by atomic mass is 10.3. The first-order chi connectivity index (χ1) is 10.5. The van der Waals surface area contributed by atoms with Crippen molar-refractivity contribution in [2.24, 2.45) is 7.05 Å². The molecule has 2 saturated heterocycles. The molecule has 0 unspecified atom stereocenters. The van der Waals surface area contributed by atoms with Crippen LogP contribution in [0, 0.1) is 0 Å². The smallest absolute Gasteiger partial charge is 0.270 e. The van der Waals surface area contributed by atoms with Crippen molar-refractivity contribution in [3.63, 3.8) is 0 Å². The van der Waals surface area contributed by atoms with E-state index < -0.39 is 10.0 Å². The van der Waals surface area contributed by atoms with Crippen LogP contribution in [0.1, 0.15) is 23.3 Å². The Labute approximate surface area is 130 Å². The van der Waals surface area contributed by atoms with Crippen LogP contribution in [0.2, 0.25) is 0 Å². The van der Waals surface area contributed by atoms with Crippen LogP contribution in [0.25, 0.3) is 0 Å². The van der Waals surface area contributed by atoms with E-state index in [9.17, 15) is 13.2 Å². The SMILES string of the molecule is Cn1cc(S(=O)(=O)N2CCOCC2)cc1C(=O)N1CCCC1. The van der Waals surface area contributed by atoms with Gasteiger partial charge in [0.1, 0.15) is 10.6 Å². The molecule has 3 heterocycles. The second-order valence-corrected chi connectivity index (χ2v) is 7.63. The van der Waals surface area contributed by atoms with Crippen LogP contribution >= 0.6 is 0 Å². The van der Waals surface area contributed by atoms with E-state index in [-0.39, 0.29) is 10.8 Å². The Hall–Kier alpha value is -1.38. The second kappa shape index (κ2) is 6.02. The predicted molar refractivity (Wildman–Crippen MR) is 80.1 cm³/mol. The van der Waals surface area contributed by atoms with E-state index in [2.05, 4.69) is 0 Å². The van der Waals surface area contributed by atoms with Crippen molar-refractivity contribution < 1.29 is 17.9 Å². The molecule has 0 spiro atoms. The summed E-state index contributed by atoms with van der Waals surface area (Å²) in [7, 11) is -1.85. The third-order valence-corrected chi connectivity index (χ3v) is 6.06. The normalized spacial score (nSPS) is 20.5. The third kappa shape index (κ3) is 2.78. The lowest BCUT2D eigenvalue weighted by molar-refractivity contribution is 0.0730. The molecule has 2 fully saturated rings. The fourth-order valence-corrected chi connectivity index (χ4v) is 4.39. The quantitative estimate of drug-likeness (QED) is 0.799. The molecule has 0 saturated carbocycles. The van der Waals surface area contributed by atoms with Gasteiger partial charge in [-0.3, -0.25) is 4.79 Å². The molecule has 0 bridgehead atoms. The van der Waals surface area contributed by atoms with Crippen molar-refractivity contribution >= 4 is 15.9 Å². The molecule has 0 aliphatic carbocycles. The summed E-state index contributed by atoms with van der Waals surface area (Å²) in [6.45, 7) is 3.02. The lowest BCUT2D eigenvalue weighted by Crippen LogP contribution is -2.40. The van der Waals surface area contributed by atoms with Gasteiger partial charge in [0.25, 0.3) is 5.91 Å². The number of morpholine rings is 1. The number of aryl methyl sites for hydroxylation is 1. The van der Waals surface area contributed by atoms with Crippen LogP contribution in [-0.2, 0) is 21.8 Å². The number of rotatable bonds is 3. The summed E-state index contributed by atoms with van der Waals surface area (Å²) in [5, 5.41) is 0. The van der Waals surface area contributed by atoms with Gasteiger partial charge in [-0.1, -0.05) is 0 Å². The molecule has 8 heteroatoms. The van der Waals surface area contributed by atoms with E-state index in [0.717, 1.165) is 25.9 Å². The highest BCUT2D eigenvalue weighted by molar-refractivity contribution is 7.89. The van der Waals surface area contributed by atoms with Gasteiger partial charge in [0.2, 0.25) is 10.0 Å². The van der Waals surface area contributed by atoms with E-state index in [1.54, 1.807) is 16.5 Å². The highest BCUT2D eigenvalue weighted by Crippen LogP contribution is 2.21. The highest BCUT2D eigenvalue weighted by atomic mass is 32.2. The van der Waals surface area contributed by atoms with Crippen molar-refractivity contribution in [2.75, 3.05) is 39.4 Å². The molecule has 2 aliphatic rings. The molecule has 122 valence electrons. The third-order valence-electron chi connectivity index (χ3n) is 4.20. The van der Waals surface area contributed by atoms with Gasteiger partial charge in [-0.05, 0) is 18.9 Å². The number of aromatic nitrogens is 1. The molecule has 1 aromatic rings. The summed E-state index contributed by atoms with van der Waals surface area (Å²) in [6, 6.07) is 1.49. The molecule has 3 rings (SSSR count). The molecule has 2 aliphatic heterocycles. The van der Waals surface area contributed by atoms with Gasteiger partial charge >= 0.3 is 0 Å². The first-order valence-corrected chi connectivity index (χ1v) is 8.98. The topological polar surface area (TPSA) is 71.9 Å². The zero-order chi connectivity index (χ0) is 15.7. The molecule has 7 nitrogen and oxygen atoms in total. The predicted octanol–water partition coefficient (Wildman–Crippen LogP) is 0.282. The van der Waals surface area contributed by atoms with Gasteiger partial charge < -0.3 is 14.2 Å². The first-order valence-electron chi connectivity index (χ1n) is 7.54. The van der Waals surface area contributed by atoms with Gasteiger partial charge in [-0.25, -0.2) is 8.42 Å². The van der Waals surface area contributed by atoms with E-state index in [1.165, 1.54) is 16.6 Å². The zero-order valence-electron chi connectivity index (χ0n) is 12.7. The molecule has 0 radical (unpaired) electrons. The van der Waals surface area contributed by atoms with E-state index in [1.807, 2.05) is 0 Å². The standard InChI is InChI=1S/C14H21N3O4S/c1-15-11-12(22(19,20)17-6-8-21-9-7-17)10-13(15)14(18)16-4-2-3-5-16/h10-11H,2-9H2,1H3. The van der Waals surface area contributed by atoms with Crippen molar-refractivity contribution in [1.29, 1.82) is 0 Å². The Morgan fingerprint density at radius 2 is 1.77 bits per heavy atom. The molecule has 1 amide bonds. The number of nitrogens with zero attached hydrogens (tertiary/aromatic N) is 3. The average molecular weight is 327 g/mol. The van der Waals surface area contributed by atoms with Crippen LogP contribution in [0.4, 0.5) is 0 Å². The van der Waals surface area contributed by atoms with Gasteiger partial charge in [0, 0.05) is 39.4 Å². The molecule has 0 N–H and O–H groups in total. The maximum atomic E-state index is 12.6. The minimum atomic E-state index is -3.56. The van der Waals surface area contributed by atoms with Crippen LogP contribution in [0.15, 0.2) is 17.2 Å². The first kappa shape index (κ1) is 15.5. The number of likely N-dealkylation sites (tertiary alicyclic amines) is 1. The summed E-state index contributed by atoms with van der Waals surface area (Å²) in [5.41, 5.74) is 0.425. The van der Waals surface area contributed by atoms with E-state index >= 15 is 0 Å². The highest BCUT2D eigenvalue weighted by Gasteiger charge is 2.30. The van der Waals surface area contributed by atoms with E-state index in [0.29, 0.717) is 32.0 Å². The fourth-order valence-electron chi connectivity index (χ4n) is 2.91. The molecule has 1 aromatic heterocycles. The Kier molecular flexibility index (Phi) is 4.24. The van der Waals surface area contributed by atoms with Crippen LogP contribution < -0.4 is 0 Å². The van der Waals surface area contributed by atoms with Gasteiger partial charge in [-0.15, -0.1) is 0 Å². The number of hydrogen-bond donors (Lipinski definition) is 0. The number of hydrogen-bond acceptors (Lipinski definition) is 4. The number of carbonyl (C=O) groups excluding carboxylic acids is 1. The maximum absolute atomic E-state index is 12.6. The van der Waals surface area contributed by atoms with Crippen LogP contribution in [-0.4, -0.2) is 67.5 Å². The Balaban J connectivity index is 1.86. The molecular formula is C14H21N3O4S. The van der Waals surface area contributed by atoms with Gasteiger partial charge in [0.05, 0.1) is 13.2 Å². The van der Waals surface area contributed by atoms with Crippen LogP contribution in [0.3, 0.4) is 0 Å². The summed E-state index contributed by atoms with van der Waals surface area (Å²) in [4.78, 5) is 14.4. The molecule has 0 atom stereocenters. The average Bonchev–Trinajstić information content (AvgIpc) is 3.17. The fraction of sp³-hybridized carbons (Fsp3) is 0.643. The van der Waals surface area contributed by atoms with Crippen molar-refractivity contribution in [3.05, 3.63) is 18.0 Å². The molecule has 22 heavy (non-hydrogen) atoms. The van der Waals surface area contributed by atoms with Crippen molar-refractivity contribution in [1.82, 2.24) is 13.8 Å². The summed E-state index contributed by atoms with van der Waals surface area (Å²) < 4.78 is 33.5. The second-order valence-electron chi connectivity index (χ2n) is 5.69. The van der Waals surface area contributed by atoms with Crippen molar-refractivity contribution in [2.45, 2.75) is 17.7 Å². The number of sulfonamides is 1. The molecule has 0 aromatic carbocycles. The van der Waals surface area contributed by atoms with Gasteiger partial charge in [0.15, 0.2) is 0 Å². The maximum Gasteiger partial charge on any atom is 0.270 e. The molecular weight excluding hydrogens is 306 g/mol. The van der Waals surface area contributed by atoms with Crippen LogP contribution in [0.5, 0.6) is 0 Å². The summed E-state index contributed by atoms with van der Waals surface area (Å²) in [5.74, 6) is -0.0940. The number of amides is 1. The minimum absolute atomic E-state index is 0.0940. The Morgan fingerprint density at radius 1 is 1.14 bits per heavy atom. The monoisotopic (exact) mass is 327 g/mol. The largest absolute Gasteiger partial charge is 0.379 e. The number of carbonyl (C=O) groups is 1. The van der Waals surface area contributed by atoms with Crippen molar-refractivity contribution in [3.8, 4) is 0 Å². The number of ether oxygens (including phenoxy) is 1. The minimum Gasteiger partial charge on any atom is -0.379 e. The Bertz CT molecular complexity index is 656.